The molecule has 0 bridgehead atoms. The largest absolute Gasteiger partial charge is 0.497 e. The molecule has 0 saturated carbocycles. The van der Waals surface area contributed by atoms with Gasteiger partial charge in [-0.2, -0.15) is 0 Å². The summed E-state index contributed by atoms with van der Waals surface area (Å²) >= 11 is 1.26. The number of aryl methyl sites for hydroxylation is 1. The highest BCUT2D eigenvalue weighted by Crippen LogP contribution is 2.22. The van der Waals surface area contributed by atoms with E-state index in [1.165, 1.54) is 11.3 Å². The molecular formula is C18H20N2O4S2. The third kappa shape index (κ3) is 3.98. The minimum absolute atomic E-state index is 0.159. The van der Waals surface area contributed by atoms with Crippen LogP contribution >= 0.6 is 11.3 Å². The van der Waals surface area contributed by atoms with Gasteiger partial charge in [0.15, 0.2) is 0 Å². The van der Waals surface area contributed by atoms with Crippen LogP contribution in [0.25, 0.3) is 10.9 Å². The Hall–Kier alpha value is -2.16. The summed E-state index contributed by atoms with van der Waals surface area (Å²) in [5.74, 6) is 0.663. The molecule has 1 aromatic carbocycles. The molecule has 6 nitrogen and oxygen atoms in total. The number of nitrogens with one attached hydrogen (secondary N) is 2. The van der Waals surface area contributed by atoms with Crippen LogP contribution in [-0.4, -0.2) is 27.1 Å². The number of benzene rings is 1. The highest BCUT2D eigenvalue weighted by atomic mass is 32.2. The molecule has 0 atom stereocenters. The number of rotatable bonds is 7. The van der Waals surface area contributed by atoms with Crippen LogP contribution in [0.3, 0.4) is 0 Å². The minimum Gasteiger partial charge on any atom is -0.497 e. The second-order valence-electron chi connectivity index (χ2n) is 5.80. The molecule has 0 unspecified atom stereocenters. The molecule has 3 aromatic rings. The summed E-state index contributed by atoms with van der Waals surface area (Å²) in [6, 6.07) is 10.6. The maximum Gasteiger partial charge on any atom is 0.251 e. The van der Waals surface area contributed by atoms with Gasteiger partial charge in [0.1, 0.15) is 9.96 Å². The molecule has 0 aliphatic rings. The van der Waals surface area contributed by atoms with E-state index in [-0.39, 0.29) is 12.1 Å². The van der Waals surface area contributed by atoms with Crippen molar-refractivity contribution in [2.24, 2.45) is 0 Å². The predicted molar refractivity (Wildman–Crippen MR) is 104 cm³/mol. The summed E-state index contributed by atoms with van der Waals surface area (Å²) in [5.41, 5.74) is 0.990. The van der Waals surface area contributed by atoms with Crippen LogP contribution in [0.4, 0.5) is 0 Å². The number of fused-ring (bicyclic) bond motifs is 1. The number of aromatic amines is 1. The van der Waals surface area contributed by atoms with Gasteiger partial charge in [0.2, 0.25) is 10.0 Å². The van der Waals surface area contributed by atoms with Crippen LogP contribution in [0.5, 0.6) is 5.75 Å². The first kappa shape index (κ1) is 18.6. The van der Waals surface area contributed by atoms with Crippen molar-refractivity contribution in [1.82, 2.24) is 9.71 Å². The van der Waals surface area contributed by atoms with E-state index in [1.807, 2.05) is 25.1 Å². The molecule has 26 heavy (non-hydrogen) atoms. The Bertz CT molecular complexity index is 1080. The van der Waals surface area contributed by atoms with E-state index >= 15 is 0 Å². The van der Waals surface area contributed by atoms with Crippen LogP contribution in [0.1, 0.15) is 17.4 Å². The summed E-state index contributed by atoms with van der Waals surface area (Å²) < 4.78 is 32.7. The highest BCUT2D eigenvalue weighted by molar-refractivity contribution is 7.91. The van der Waals surface area contributed by atoms with E-state index in [1.54, 1.807) is 25.3 Å². The van der Waals surface area contributed by atoms with E-state index in [9.17, 15) is 13.2 Å². The first-order valence-corrected chi connectivity index (χ1v) is 10.5. The zero-order valence-electron chi connectivity index (χ0n) is 14.5. The molecule has 0 radical (unpaired) electrons. The number of hydrogen-bond donors (Lipinski definition) is 2. The van der Waals surface area contributed by atoms with Gasteiger partial charge in [-0.1, -0.05) is 6.92 Å². The Balaban J connectivity index is 1.73. The van der Waals surface area contributed by atoms with Gasteiger partial charge in [0.05, 0.1) is 12.6 Å². The molecule has 0 amide bonds. The Morgan fingerprint density at radius 3 is 2.69 bits per heavy atom. The van der Waals surface area contributed by atoms with Crippen molar-refractivity contribution >= 4 is 32.3 Å². The lowest BCUT2D eigenvalue weighted by atomic mass is 10.1. The van der Waals surface area contributed by atoms with Crippen LogP contribution in [0, 0.1) is 0 Å². The first-order chi connectivity index (χ1) is 12.4. The van der Waals surface area contributed by atoms with Crippen molar-refractivity contribution in [1.29, 1.82) is 0 Å². The van der Waals surface area contributed by atoms with E-state index in [0.717, 1.165) is 16.7 Å². The number of thiophene rings is 1. The first-order valence-electron chi connectivity index (χ1n) is 8.21. The topological polar surface area (TPSA) is 88.3 Å². The number of hydrogen-bond acceptors (Lipinski definition) is 5. The average Bonchev–Trinajstić information content (AvgIpc) is 3.12. The number of pyridine rings is 1. The summed E-state index contributed by atoms with van der Waals surface area (Å²) in [7, 11) is -1.98. The number of methoxy groups -OCH3 is 1. The zero-order chi connectivity index (χ0) is 18.7. The fourth-order valence-electron chi connectivity index (χ4n) is 2.62. The van der Waals surface area contributed by atoms with Crippen LogP contribution < -0.4 is 15.0 Å². The zero-order valence-corrected chi connectivity index (χ0v) is 16.2. The van der Waals surface area contributed by atoms with Crippen molar-refractivity contribution in [2.75, 3.05) is 13.7 Å². The Labute approximate surface area is 155 Å². The molecule has 0 aliphatic heterocycles. The SMILES string of the molecule is CCc1ccc(S(=O)(=O)NCCc2cc3ccc(OC)cc3[nH]c2=O)s1. The fourth-order valence-corrected chi connectivity index (χ4v) is 4.99. The summed E-state index contributed by atoms with van der Waals surface area (Å²) in [6.07, 6.45) is 1.11. The molecular weight excluding hydrogens is 372 g/mol. The van der Waals surface area contributed by atoms with Crippen molar-refractivity contribution in [3.8, 4) is 5.75 Å². The molecule has 3 rings (SSSR count). The van der Waals surface area contributed by atoms with Crippen molar-refractivity contribution in [3.63, 3.8) is 0 Å². The van der Waals surface area contributed by atoms with E-state index < -0.39 is 10.0 Å². The van der Waals surface area contributed by atoms with Crippen LogP contribution in [0.15, 0.2) is 45.4 Å². The number of H-pyrrole nitrogens is 1. The second-order valence-corrected chi connectivity index (χ2v) is 8.96. The van der Waals surface area contributed by atoms with Gasteiger partial charge in [-0.05, 0) is 48.6 Å². The average molecular weight is 393 g/mol. The maximum atomic E-state index is 12.3. The van der Waals surface area contributed by atoms with Gasteiger partial charge in [-0.25, -0.2) is 13.1 Å². The van der Waals surface area contributed by atoms with Crippen molar-refractivity contribution in [3.05, 3.63) is 57.2 Å². The lowest BCUT2D eigenvalue weighted by molar-refractivity contribution is 0.415. The molecule has 0 spiro atoms. The van der Waals surface area contributed by atoms with E-state index in [2.05, 4.69) is 9.71 Å². The summed E-state index contributed by atoms with van der Waals surface area (Å²) in [5, 5.41) is 0.870. The highest BCUT2D eigenvalue weighted by Gasteiger charge is 2.16. The van der Waals surface area contributed by atoms with Gasteiger partial charge in [0, 0.05) is 23.1 Å². The summed E-state index contributed by atoms with van der Waals surface area (Å²) in [4.78, 5) is 16.1. The number of aromatic nitrogens is 1. The molecule has 8 heteroatoms. The van der Waals surface area contributed by atoms with Crippen molar-refractivity contribution in [2.45, 2.75) is 24.0 Å². The predicted octanol–water partition coefficient (Wildman–Crippen LogP) is 2.68. The molecule has 2 aromatic heterocycles. The third-order valence-electron chi connectivity index (χ3n) is 4.07. The van der Waals surface area contributed by atoms with Gasteiger partial charge in [-0.15, -0.1) is 11.3 Å². The molecule has 138 valence electrons. The molecule has 0 aliphatic carbocycles. The quantitative estimate of drug-likeness (QED) is 0.647. The van der Waals surface area contributed by atoms with Gasteiger partial charge < -0.3 is 9.72 Å². The minimum atomic E-state index is -3.54. The van der Waals surface area contributed by atoms with Crippen molar-refractivity contribution < 1.29 is 13.2 Å². The molecule has 0 saturated heterocycles. The standard InChI is InChI=1S/C18H20N2O4S2/c1-3-15-6-7-17(25-15)26(22,23)19-9-8-13-10-12-4-5-14(24-2)11-16(12)20-18(13)21/h4-7,10-11,19H,3,8-9H2,1-2H3,(H,20,21). The van der Waals surface area contributed by atoms with Gasteiger partial charge >= 0.3 is 0 Å². The molecule has 2 N–H and O–H groups in total. The second kappa shape index (κ2) is 7.61. The monoisotopic (exact) mass is 392 g/mol. The molecule has 0 fully saturated rings. The van der Waals surface area contributed by atoms with Crippen LogP contribution in [0.2, 0.25) is 0 Å². The normalized spacial score (nSPS) is 11.8. The van der Waals surface area contributed by atoms with Gasteiger partial charge in [-0.3, -0.25) is 4.79 Å². The number of ether oxygens (including phenoxy) is 1. The van der Waals surface area contributed by atoms with Gasteiger partial charge in [0.25, 0.3) is 5.56 Å². The smallest absolute Gasteiger partial charge is 0.251 e. The number of sulfonamides is 1. The van der Waals surface area contributed by atoms with E-state index in [4.69, 9.17) is 4.74 Å². The van der Waals surface area contributed by atoms with E-state index in [0.29, 0.717) is 27.5 Å². The summed E-state index contributed by atoms with van der Waals surface area (Å²) in [6.45, 7) is 2.14. The lowest BCUT2D eigenvalue weighted by Gasteiger charge is -2.07. The van der Waals surface area contributed by atoms with Crippen LogP contribution in [-0.2, 0) is 22.9 Å². The Morgan fingerprint density at radius 2 is 2.00 bits per heavy atom. The third-order valence-corrected chi connectivity index (χ3v) is 7.25. The molecule has 2 heterocycles. The lowest BCUT2D eigenvalue weighted by Crippen LogP contribution is -2.27. The fraction of sp³-hybridized carbons (Fsp3) is 0.278. The Morgan fingerprint density at radius 1 is 1.19 bits per heavy atom. The Kier molecular flexibility index (Phi) is 5.45. The maximum absolute atomic E-state index is 12.3.